The zero-order chi connectivity index (χ0) is 11.1. The van der Waals surface area contributed by atoms with Gasteiger partial charge >= 0.3 is 0 Å². The van der Waals surface area contributed by atoms with Gasteiger partial charge in [-0.25, -0.2) is 13.5 Å². The van der Waals surface area contributed by atoms with Crippen LogP contribution < -0.4 is 0 Å². The van der Waals surface area contributed by atoms with E-state index in [0.717, 1.165) is 0 Å². The van der Waals surface area contributed by atoms with Gasteiger partial charge in [0.1, 0.15) is 9.76 Å². The van der Waals surface area contributed by atoms with Crippen molar-refractivity contribution < 1.29 is 8.78 Å². The Balaban J connectivity index is 3.31. The summed E-state index contributed by atoms with van der Waals surface area (Å²) in [6.45, 7) is 5.52. The summed E-state index contributed by atoms with van der Waals surface area (Å²) in [5, 5.41) is 3.91. The van der Waals surface area contributed by atoms with Crippen molar-refractivity contribution in [1.29, 1.82) is 0 Å². The zero-order valence-electron chi connectivity index (χ0n) is 7.98. The number of rotatable bonds is 1. The highest BCUT2D eigenvalue weighted by molar-refractivity contribution is 9.10. The quantitative estimate of drug-likeness (QED) is 0.763. The van der Waals surface area contributed by atoms with Gasteiger partial charge in [-0.15, -0.1) is 0 Å². The van der Waals surface area contributed by atoms with Crippen molar-refractivity contribution in [3.8, 4) is 0 Å². The second-order valence-corrected chi connectivity index (χ2v) is 4.99. The third-order valence-corrected chi connectivity index (χ3v) is 2.62. The molecular weight excluding hydrogens is 277 g/mol. The van der Waals surface area contributed by atoms with Gasteiger partial charge in [-0.1, -0.05) is 11.6 Å². The highest BCUT2D eigenvalue weighted by Crippen LogP contribution is 2.35. The van der Waals surface area contributed by atoms with Gasteiger partial charge in [0.05, 0.1) is 11.1 Å². The number of hydrogen-bond acceptors (Lipinski definition) is 1. The molecule has 1 aromatic rings. The van der Waals surface area contributed by atoms with Crippen LogP contribution in [0, 0.1) is 0 Å². The standard InChI is InChI=1S/C8H10BrClF2N2/c1-8(2,3)14-6(10)4(7(11)12)5(9)13-14/h7H,1-3H3. The maximum absolute atomic E-state index is 12.5. The Kier molecular flexibility index (Phi) is 3.21. The normalized spacial score (nSPS) is 12.6. The molecule has 1 heterocycles. The molecule has 0 aliphatic heterocycles. The summed E-state index contributed by atoms with van der Waals surface area (Å²) >= 11 is 8.76. The molecule has 0 aliphatic carbocycles. The molecule has 0 aromatic carbocycles. The van der Waals surface area contributed by atoms with Gasteiger partial charge in [0.25, 0.3) is 6.43 Å². The monoisotopic (exact) mass is 286 g/mol. The first-order valence-corrected chi connectivity index (χ1v) is 5.14. The highest BCUT2D eigenvalue weighted by atomic mass is 79.9. The Hall–Kier alpha value is -0.160. The van der Waals surface area contributed by atoms with Crippen LogP contribution in [0.15, 0.2) is 4.60 Å². The van der Waals surface area contributed by atoms with Crippen LogP contribution in [-0.2, 0) is 5.54 Å². The number of nitrogens with zero attached hydrogens (tertiary/aromatic N) is 2. The lowest BCUT2D eigenvalue weighted by molar-refractivity contribution is 0.150. The van der Waals surface area contributed by atoms with E-state index in [0.29, 0.717) is 0 Å². The molecular formula is C8H10BrClF2N2. The lowest BCUT2D eigenvalue weighted by Gasteiger charge is -2.20. The van der Waals surface area contributed by atoms with Crippen LogP contribution in [0.4, 0.5) is 8.78 Å². The molecule has 1 aromatic heterocycles. The average Bonchev–Trinajstić information content (AvgIpc) is 2.24. The minimum atomic E-state index is -2.62. The first-order valence-electron chi connectivity index (χ1n) is 3.97. The van der Waals surface area contributed by atoms with Crippen molar-refractivity contribution in [2.45, 2.75) is 32.7 Å². The molecule has 2 nitrogen and oxygen atoms in total. The van der Waals surface area contributed by atoms with Crippen LogP contribution in [0.1, 0.15) is 32.8 Å². The molecule has 0 bridgehead atoms. The fourth-order valence-corrected chi connectivity index (χ4v) is 2.11. The van der Waals surface area contributed by atoms with E-state index in [1.165, 1.54) is 4.68 Å². The van der Waals surface area contributed by atoms with Crippen LogP contribution >= 0.6 is 27.5 Å². The molecule has 80 valence electrons. The van der Waals surface area contributed by atoms with E-state index in [2.05, 4.69) is 21.0 Å². The number of hydrogen-bond donors (Lipinski definition) is 0. The third-order valence-electron chi connectivity index (χ3n) is 1.67. The van der Waals surface area contributed by atoms with E-state index in [9.17, 15) is 8.78 Å². The number of alkyl halides is 2. The van der Waals surface area contributed by atoms with Gasteiger partial charge in [0, 0.05) is 0 Å². The number of aromatic nitrogens is 2. The van der Waals surface area contributed by atoms with Crippen LogP contribution in [0.25, 0.3) is 0 Å². The molecule has 0 unspecified atom stereocenters. The minimum absolute atomic E-state index is 0.0145. The fraction of sp³-hybridized carbons (Fsp3) is 0.625. The maximum Gasteiger partial charge on any atom is 0.269 e. The molecule has 14 heavy (non-hydrogen) atoms. The molecule has 1 rings (SSSR count). The Morgan fingerprint density at radius 3 is 2.14 bits per heavy atom. The van der Waals surface area contributed by atoms with E-state index < -0.39 is 12.0 Å². The SMILES string of the molecule is CC(C)(C)n1nc(Br)c(C(F)F)c1Cl. The van der Waals surface area contributed by atoms with Gasteiger partial charge in [0.2, 0.25) is 0 Å². The second kappa shape index (κ2) is 3.77. The van der Waals surface area contributed by atoms with E-state index in [1.807, 2.05) is 20.8 Å². The van der Waals surface area contributed by atoms with Crippen molar-refractivity contribution in [2.24, 2.45) is 0 Å². The Labute approximate surface area is 94.4 Å². The van der Waals surface area contributed by atoms with Crippen molar-refractivity contribution in [3.05, 3.63) is 15.3 Å². The Morgan fingerprint density at radius 1 is 1.43 bits per heavy atom. The third kappa shape index (κ3) is 2.08. The topological polar surface area (TPSA) is 17.8 Å². The summed E-state index contributed by atoms with van der Waals surface area (Å²) in [6, 6.07) is 0. The van der Waals surface area contributed by atoms with E-state index in [-0.39, 0.29) is 15.3 Å². The van der Waals surface area contributed by atoms with Crippen molar-refractivity contribution in [1.82, 2.24) is 9.78 Å². The van der Waals surface area contributed by atoms with E-state index >= 15 is 0 Å². The number of halogens is 4. The molecule has 0 N–H and O–H groups in total. The summed E-state index contributed by atoms with van der Waals surface area (Å²) < 4.78 is 26.5. The summed E-state index contributed by atoms with van der Waals surface area (Å²) in [4.78, 5) is 0. The molecule has 0 fully saturated rings. The van der Waals surface area contributed by atoms with Crippen LogP contribution in [-0.4, -0.2) is 9.78 Å². The van der Waals surface area contributed by atoms with Crippen molar-refractivity contribution in [3.63, 3.8) is 0 Å². The van der Waals surface area contributed by atoms with Crippen LogP contribution in [0.2, 0.25) is 5.15 Å². The molecule has 0 spiro atoms. The first-order chi connectivity index (χ1) is 6.25. The smallest absolute Gasteiger partial charge is 0.247 e. The van der Waals surface area contributed by atoms with Gasteiger partial charge < -0.3 is 0 Å². The highest BCUT2D eigenvalue weighted by Gasteiger charge is 2.27. The van der Waals surface area contributed by atoms with Crippen LogP contribution in [0.5, 0.6) is 0 Å². The zero-order valence-corrected chi connectivity index (χ0v) is 10.3. The molecule has 0 atom stereocenters. The van der Waals surface area contributed by atoms with Gasteiger partial charge in [0.15, 0.2) is 0 Å². The summed E-state index contributed by atoms with van der Waals surface area (Å²) in [7, 11) is 0. The fourth-order valence-electron chi connectivity index (χ4n) is 1.01. The molecule has 0 aliphatic rings. The second-order valence-electron chi connectivity index (χ2n) is 3.88. The summed E-state index contributed by atoms with van der Waals surface area (Å²) in [5.74, 6) is 0. The minimum Gasteiger partial charge on any atom is -0.247 e. The summed E-state index contributed by atoms with van der Waals surface area (Å²) in [6.07, 6.45) is -2.62. The molecule has 0 saturated carbocycles. The first kappa shape index (κ1) is 11.9. The van der Waals surface area contributed by atoms with Gasteiger partial charge in [-0.2, -0.15) is 5.10 Å². The maximum atomic E-state index is 12.5. The summed E-state index contributed by atoms with van der Waals surface area (Å²) in [5.41, 5.74) is -0.659. The molecule has 0 radical (unpaired) electrons. The Bertz CT molecular complexity index is 344. The average molecular weight is 288 g/mol. The largest absolute Gasteiger partial charge is 0.269 e. The lowest BCUT2D eigenvalue weighted by Crippen LogP contribution is -2.23. The predicted molar refractivity (Wildman–Crippen MR) is 54.9 cm³/mol. The molecule has 0 amide bonds. The van der Waals surface area contributed by atoms with E-state index in [1.54, 1.807) is 0 Å². The molecule has 0 saturated heterocycles. The van der Waals surface area contributed by atoms with Gasteiger partial charge in [-0.3, -0.25) is 0 Å². The van der Waals surface area contributed by atoms with Crippen LogP contribution in [0.3, 0.4) is 0 Å². The predicted octanol–water partition coefficient (Wildman–Crippen LogP) is 3.99. The van der Waals surface area contributed by atoms with E-state index in [4.69, 9.17) is 11.6 Å². The Morgan fingerprint density at radius 2 is 1.93 bits per heavy atom. The van der Waals surface area contributed by atoms with Crippen molar-refractivity contribution >= 4 is 27.5 Å². The lowest BCUT2D eigenvalue weighted by atomic mass is 10.1. The molecule has 6 heteroatoms. The van der Waals surface area contributed by atoms with Gasteiger partial charge in [-0.05, 0) is 36.7 Å². The van der Waals surface area contributed by atoms with Crippen molar-refractivity contribution in [2.75, 3.05) is 0 Å².